The van der Waals surface area contributed by atoms with Gasteiger partial charge in [-0.15, -0.1) is 0 Å². The third kappa shape index (κ3) is 3.51. The van der Waals surface area contributed by atoms with Crippen molar-refractivity contribution in [2.45, 2.75) is 33.1 Å². The van der Waals surface area contributed by atoms with Gasteiger partial charge >= 0.3 is 5.97 Å². The Kier molecular flexibility index (Phi) is 5.00. The second-order valence-electron chi connectivity index (χ2n) is 6.50. The SMILES string of the molecule is CCOC(=O)[C@]1(Cc2cc(-c3ccc(C)cc3)no2)CCCNC1. The Labute approximate surface area is 142 Å². The molecule has 1 aromatic carbocycles. The van der Waals surface area contributed by atoms with Gasteiger partial charge in [-0.25, -0.2) is 0 Å². The number of benzene rings is 1. The van der Waals surface area contributed by atoms with Crippen LogP contribution in [0.4, 0.5) is 0 Å². The van der Waals surface area contributed by atoms with Gasteiger partial charge in [0.1, 0.15) is 11.5 Å². The number of nitrogens with one attached hydrogen (secondary N) is 1. The summed E-state index contributed by atoms with van der Waals surface area (Å²) in [6.45, 7) is 5.84. The molecule has 0 bridgehead atoms. The lowest BCUT2D eigenvalue weighted by Gasteiger charge is -2.34. The molecule has 1 aliphatic heterocycles. The Hall–Kier alpha value is -2.14. The quantitative estimate of drug-likeness (QED) is 0.854. The summed E-state index contributed by atoms with van der Waals surface area (Å²) in [5, 5.41) is 7.49. The zero-order valence-electron chi connectivity index (χ0n) is 14.3. The highest BCUT2D eigenvalue weighted by atomic mass is 16.5. The Morgan fingerprint density at radius 2 is 2.17 bits per heavy atom. The first kappa shape index (κ1) is 16.7. The molecule has 24 heavy (non-hydrogen) atoms. The number of carbonyl (C=O) groups excluding carboxylic acids is 1. The molecule has 3 rings (SSSR count). The topological polar surface area (TPSA) is 64.4 Å². The number of nitrogens with zero attached hydrogens (tertiary/aromatic N) is 1. The standard InChI is InChI=1S/C19H24N2O3/c1-3-23-18(22)19(9-4-10-20-13-19)12-16-11-17(21-24-16)15-7-5-14(2)6-8-15/h5-8,11,20H,3-4,9-10,12-13H2,1-2H3/t19-/m0/s1. The van der Waals surface area contributed by atoms with Crippen molar-refractivity contribution in [2.75, 3.05) is 19.7 Å². The van der Waals surface area contributed by atoms with Crippen LogP contribution in [-0.4, -0.2) is 30.8 Å². The van der Waals surface area contributed by atoms with Crippen molar-refractivity contribution in [3.05, 3.63) is 41.7 Å². The lowest BCUT2D eigenvalue weighted by atomic mass is 9.77. The zero-order valence-corrected chi connectivity index (χ0v) is 14.3. The van der Waals surface area contributed by atoms with Gasteiger partial charge in [0.25, 0.3) is 0 Å². The molecule has 0 saturated carbocycles. The lowest BCUT2D eigenvalue weighted by Crippen LogP contribution is -2.47. The molecule has 1 N–H and O–H groups in total. The molecule has 0 amide bonds. The maximum Gasteiger partial charge on any atom is 0.313 e. The summed E-state index contributed by atoms with van der Waals surface area (Å²) in [6.07, 6.45) is 2.27. The first-order valence-electron chi connectivity index (χ1n) is 8.53. The molecular weight excluding hydrogens is 304 g/mol. The molecule has 0 spiro atoms. The van der Waals surface area contributed by atoms with Gasteiger partial charge in [0.2, 0.25) is 0 Å². The van der Waals surface area contributed by atoms with Crippen molar-refractivity contribution in [1.29, 1.82) is 0 Å². The van der Waals surface area contributed by atoms with Crippen LogP contribution in [-0.2, 0) is 16.0 Å². The van der Waals surface area contributed by atoms with E-state index >= 15 is 0 Å². The van der Waals surface area contributed by atoms with Crippen LogP contribution in [0.2, 0.25) is 0 Å². The van der Waals surface area contributed by atoms with Crippen molar-refractivity contribution in [3.8, 4) is 11.3 Å². The highest BCUT2D eigenvalue weighted by molar-refractivity contribution is 5.77. The second-order valence-corrected chi connectivity index (χ2v) is 6.50. The predicted molar refractivity (Wildman–Crippen MR) is 91.5 cm³/mol. The van der Waals surface area contributed by atoms with Crippen LogP contribution in [0.5, 0.6) is 0 Å². The molecule has 2 heterocycles. The second kappa shape index (κ2) is 7.18. The van der Waals surface area contributed by atoms with Crippen molar-refractivity contribution in [2.24, 2.45) is 5.41 Å². The molecule has 5 nitrogen and oxygen atoms in total. The fourth-order valence-electron chi connectivity index (χ4n) is 3.24. The Balaban J connectivity index is 1.80. The molecule has 1 atom stereocenters. The monoisotopic (exact) mass is 328 g/mol. The number of piperidine rings is 1. The molecule has 1 fully saturated rings. The smallest absolute Gasteiger partial charge is 0.313 e. The molecule has 0 aliphatic carbocycles. The largest absolute Gasteiger partial charge is 0.466 e. The molecule has 128 valence electrons. The van der Waals surface area contributed by atoms with Crippen molar-refractivity contribution in [3.63, 3.8) is 0 Å². The van der Waals surface area contributed by atoms with Gasteiger partial charge in [-0.1, -0.05) is 35.0 Å². The summed E-state index contributed by atoms with van der Waals surface area (Å²) in [7, 11) is 0. The molecule has 1 aromatic heterocycles. The molecule has 1 aliphatic rings. The summed E-state index contributed by atoms with van der Waals surface area (Å²) >= 11 is 0. The fourth-order valence-corrected chi connectivity index (χ4v) is 3.24. The summed E-state index contributed by atoms with van der Waals surface area (Å²) in [6, 6.07) is 10.1. The summed E-state index contributed by atoms with van der Waals surface area (Å²) in [5.74, 6) is 0.577. The Bertz CT molecular complexity index is 685. The minimum atomic E-state index is -0.557. The number of hydrogen-bond donors (Lipinski definition) is 1. The summed E-state index contributed by atoms with van der Waals surface area (Å²) in [4.78, 5) is 12.5. The van der Waals surface area contributed by atoms with Crippen molar-refractivity contribution >= 4 is 5.97 Å². The third-order valence-corrected chi connectivity index (χ3v) is 4.60. The fraction of sp³-hybridized carbons (Fsp3) is 0.474. The number of hydrogen-bond acceptors (Lipinski definition) is 5. The summed E-state index contributed by atoms with van der Waals surface area (Å²) < 4.78 is 10.8. The summed E-state index contributed by atoms with van der Waals surface area (Å²) in [5.41, 5.74) is 2.46. The Morgan fingerprint density at radius 3 is 2.83 bits per heavy atom. The number of aryl methyl sites for hydroxylation is 1. The number of rotatable bonds is 5. The van der Waals surface area contributed by atoms with Crippen LogP contribution in [0, 0.1) is 12.3 Å². The van der Waals surface area contributed by atoms with Gasteiger partial charge in [0.15, 0.2) is 0 Å². The van der Waals surface area contributed by atoms with Gasteiger partial charge in [-0.05, 0) is 33.2 Å². The van der Waals surface area contributed by atoms with Crippen molar-refractivity contribution in [1.82, 2.24) is 10.5 Å². The Morgan fingerprint density at radius 1 is 1.38 bits per heavy atom. The van der Waals surface area contributed by atoms with E-state index < -0.39 is 5.41 Å². The highest BCUT2D eigenvalue weighted by Crippen LogP contribution is 2.33. The van der Waals surface area contributed by atoms with E-state index in [1.54, 1.807) is 0 Å². The number of aromatic nitrogens is 1. The van der Waals surface area contributed by atoms with Gasteiger partial charge < -0.3 is 14.6 Å². The number of carbonyl (C=O) groups is 1. The average molecular weight is 328 g/mol. The number of ether oxygens (including phenoxy) is 1. The highest BCUT2D eigenvalue weighted by Gasteiger charge is 2.42. The number of esters is 1. The molecular formula is C19H24N2O3. The molecule has 0 unspecified atom stereocenters. The van der Waals surface area contributed by atoms with E-state index in [0.717, 1.165) is 36.4 Å². The molecule has 2 aromatic rings. The van der Waals surface area contributed by atoms with Crippen LogP contribution < -0.4 is 5.32 Å². The van der Waals surface area contributed by atoms with Crippen LogP contribution in [0.25, 0.3) is 11.3 Å². The van der Waals surface area contributed by atoms with Crippen LogP contribution in [0.3, 0.4) is 0 Å². The van der Waals surface area contributed by atoms with Gasteiger partial charge in [0.05, 0.1) is 12.0 Å². The van der Waals surface area contributed by atoms with E-state index in [0.29, 0.717) is 19.6 Å². The van der Waals surface area contributed by atoms with Gasteiger partial charge in [-0.2, -0.15) is 0 Å². The molecule has 0 radical (unpaired) electrons. The first-order valence-corrected chi connectivity index (χ1v) is 8.53. The molecule has 5 heteroatoms. The van der Waals surface area contributed by atoms with E-state index in [2.05, 4.69) is 29.5 Å². The van der Waals surface area contributed by atoms with E-state index in [1.165, 1.54) is 5.56 Å². The van der Waals surface area contributed by atoms with E-state index in [4.69, 9.17) is 9.26 Å². The van der Waals surface area contributed by atoms with E-state index in [-0.39, 0.29) is 5.97 Å². The van der Waals surface area contributed by atoms with E-state index in [9.17, 15) is 4.79 Å². The lowest BCUT2D eigenvalue weighted by molar-refractivity contribution is -0.156. The predicted octanol–water partition coefficient (Wildman–Crippen LogP) is 3.13. The minimum absolute atomic E-state index is 0.148. The zero-order chi connectivity index (χ0) is 17.0. The molecule has 1 saturated heterocycles. The van der Waals surface area contributed by atoms with Gasteiger partial charge in [0, 0.05) is 24.6 Å². The van der Waals surface area contributed by atoms with Crippen LogP contribution >= 0.6 is 0 Å². The average Bonchev–Trinajstić information content (AvgIpc) is 3.05. The van der Waals surface area contributed by atoms with Crippen LogP contribution in [0.1, 0.15) is 31.1 Å². The first-order chi connectivity index (χ1) is 11.6. The van der Waals surface area contributed by atoms with Crippen LogP contribution in [0.15, 0.2) is 34.9 Å². The maximum atomic E-state index is 12.5. The van der Waals surface area contributed by atoms with Crippen molar-refractivity contribution < 1.29 is 14.1 Å². The normalized spacial score (nSPS) is 20.8. The maximum absolute atomic E-state index is 12.5. The third-order valence-electron chi connectivity index (χ3n) is 4.60. The van der Waals surface area contributed by atoms with Gasteiger partial charge in [-0.3, -0.25) is 4.79 Å². The minimum Gasteiger partial charge on any atom is -0.466 e. The van der Waals surface area contributed by atoms with E-state index in [1.807, 2.05) is 25.1 Å².